The summed E-state index contributed by atoms with van der Waals surface area (Å²) in [6, 6.07) is 7.90. The summed E-state index contributed by atoms with van der Waals surface area (Å²) in [6.45, 7) is 2.17. The number of hydrogen-bond donors (Lipinski definition) is 2. The molecule has 3 rings (SSSR count). The predicted octanol–water partition coefficient (Wildman–Crippen LogP) is 1.79. The zero-order valence-electron chi connectivity index (χ0n) is 13.9. The van der Waals surface area contributed by atoms with Crippen LogP contribution in [0.15, 0.2) is 40.8 Å². The first kappa shape index (κ1) is 19.6. The molecule has 0 aromatic carbocycles. The number of halogens is 1. The molecule has 0 atom stereocenters. The number of fused-ring (bicyclic) bond motifs is 1. The Balaban J connectivity index is 0.00000225. The van der Waals surface area contributed by atoms with Crippen LogP contribution in [0.3, 0.4) is 0 Å². The number of nitrogens with one attached hydrogen (secondary N) is 1. The SMILES string of the molecule is I.NC(=NCC(=O)N1CCc2sccc2C1)NCCc1ccccn1. The van der Waals surface area contributed by atoms with E-state index in [4.69, 9.17) is 5.73 Å². The molecule has 25 heavy (non-hydrogen) atoms. The van der Waals surface area contributed by atoms with Gasteiger partial charge in [-0.05, 0) is 35.6 Å². The molecular weight excluding hydrogens is 449 g/mol. The van der Waals surface area contributed by atoms with Crippen LogP contribution in [-0.4, -0.2) is 41.4 Å². The van der Waals surface area contributed by atoms with E-state index in [1.54, 1.807) is 17.5 Å². The molecule has 1 aliphatic heterocycles. The van der Waals surface area contributed by atoms with Crippen molar-refractivity contribution in [2.45, 2.75) is 19.4 Å². The second-order valence-corrected chi connectivity index (χ2v) is 6.63. The molecule has 0 bridgehead atoms. The number of hydrogen-bond acceptors (Lipinski definition) is 4. The van der Waals surface area contributed by atoms with Crippen molar-refractivity contribution in [3.05, 3.63) is 52.0 Å². The lowest BCUT2D eigenvalue weighted by molar-refractivity contribution is -0.130. The van der Waals surface area contributed by atoms with Crippen LogP contribution in [0.2, 0.25) is 0 Å². The average Bonchev–Trinajstić information content (AvgIpc) is 3.08. The fraction of sp³-hybridized carbons (Fsp3) is 0.353. The summed E-state index contributed by atoms with van der Waals surface area (Å²) >= 11 is 1.76. The largest absolute Gasteiger partial charge is 0.370 e. The van der Waals surface area contributed by atoms with Crippen LogP contribution in [0, 0.1) is 0 Å². The van der Waals surface area contributed by atoms with Gasteiger partial charge in [0.05, 0.1) is 0 Å². The van der Waals surface area contributed by atoms with E-state index in [2.05, 4.69) is 26.7 Å². The Morgan fingerprint density at radius 3 is 3.08 bits per heavy atom. The zero-order chi connectivity index (χ0) is 16.8. The Kier molecular flexibility index (Phi) is 7.63. The van der Waals surface area contributed by atoms with Crippen LogP contribution in [0.25, 0.3) is 0 Å². The molecule has 134 valence electrons. The Morgan fingerprint density at radius 2 is 2.28 bits per heavy atom. The van der Waals surface area contributed by atoms with E-state index in [-0.39, 0.29) is 36.4 Å². The number of nitrogens with zero attached hydrogens (tertiary/aromatic N) is 3. The van der Waals surface area contributed by atoms with Crippen LogP contribution in [0.1, 0.15) is 16.1 Å². The van der Waals surface area contributed by atoms with Gasteiger partial charge in [0.15, 0.2) is 5.96 Å². The summed E-state index contributed by atoms with van der Waals surface area (Å²) in [4.78, 5) is 23.9. The fourth-order valence-corrected chi connectivity index (χ4v) is 3.52. The number of amides is 1. The van der Waals surface area contributed by atoms with Gasteiger partial charge in [0.2, 0.25) is 5.91 Å². The van der Waals surface area contributed by atoms with Crippen molar-refractivity contribution in [1.82, 2.24) is 15.2 Å². The summed E-state index contributed by atoms with van der Waals surface area (Å²) in [5.74, 6) is 0.314. The third-order valence-corrected chi connectivity index (χ3v) is 4.98. The van der Waals surface area contributed by atoms with Gasteiger partial charge < -0.3 is 16.0 Å². The average molecular weight is 471 g/mol. The van der Waals surface area contributed by atoms with Gasteiger partial charge in [0.25, 0.3) is 0 Å². The number of thiophene rings is 1. The van der Waals surface area contributed by atoms with Crippen molar-refractivity contribution in [3.63, 3.8) is 0 Å². The minimum absolute atomic E-state index is 0. The minimum atomic E-state index is 0. The molecule has 2 aromatic rings. The molecule has 1 aliphatic rings. The lowest BCUT2D eigenvalue weighted by atomic mass is 10.1. The Labute approximate surface area is 168 Å². The summed E-state index contributed by atoms with van der Waals surface area (Å²) in [5.41, 5.74) is 8.07. The predicted molar refractivity (Wildman–Crippen MR) is 111 cm³/mol. The Morgan fingerprint density at radius 1 is 1.40 bits per heavy atom. The summed E-state index contributed by atoms with van der Waals surface area (Å²) < 4.78 is 0. The fourth-order valence-electron chi connectivity index (χ4n) is 2.63. The van der Waals surface area contributed by atoms with E-state index in [0.717, 1.165) is 25.1 Å². The molecule has 2 aromatic heterocycles. The summed E-state index contributed by atoms with van der Waals surface area (Å²) in [7, 11) is 0. The molecule has 1 amide bonds. The van der Waals surface area contributed by atoms with E-state index in [0.29, 0.717) is 19.0 Å². The number of carbonyl (C=O) groups excluding carboxylic acids is 1. The topological polar surface area (TPSA) is 83.6 Å². The van der Waals surface area contributed by atoms with Crippen LogP contribution < -0.4 is 11.1 Å². The quantitative estimate of drug-likeness (QED) is 0.396. The highest BCUT2D eigenvalue weighted by atomic mass is 127. The molecule has 0 spiro atoms. The highest BCUT2D eigenvalue weighted by molar-refractivity contribution is 14.0. The highest BCUT2D eigenvalue weighted by Crippen LogP contribution is 2.23. The van der Waals surface area contributed by atoms with Crippen LogP contribution >= 0.6 is 35.3 Å². The second-order valence-electron chi connectivity index (χ2n) is 5.63. The van der Waals surface area contributed by atoms with Gasteiger partial charge >= 0.3 is 0 Å². The number of guanidine groups is 1. The molecule has 0 unspecified atom stereocenters. The van der Waals surface area contributed by atoms with Crippen LogP contribution in [0.4, 0.5) is 0 Å². The van der Waals surface area contributed by atoms with Gasteiger partial charge in [0, 0.05) is 42.8 Å². The van der Waals surface area contributed by atoms with Crippen molar-refractivity contribution >= 4 is 47.2 Å². The van der Waals surface area contributed by atoms with Crippen molar-refractivity contribution in [3.8, 4) is 0 Å². The minimum Gasteiger partial charge on any atom is -0.370 e. The van der Waals surface area contributed by atoms with Crippen LogP contribution in [0.5, 0.6) is 0 Å². The molecule has 3 heterocycles. The third kappa shape index (κ3) is 5.67. The van der Waals surface area contributed by atoms with Crippen molar-refractivity contribution in [1.29, 1.82) is 0 Å². The van der Waals surface area contributed by atoms with Crippen LogP contribution in [-0.2, 0) is 24.2 Å². The van der Waals surface area contributed by atoms with Crippen molar-refractivity contribution in [2.75, 3.05) is 19.6 Å². The van der Waals surface area contributed by atoms with Gasteiger partial charge in [-0.25, -0.2) is 4.99 Å². The normalized spacial score (nSPS) is 13.8. The zero-order valence-corrected chi connectivity index (χ0v) is 17.0. The van der Waals surface area contributed by atoms with Crippen molar-refractivity contribution < 1.29 is 4.79 Å². The molecule has 0 saturated carbocycles. The lowest BCUT2D eigenvalue weighted by Gasteiger charge is -2.26. The maximum atomic E-state index is 12.3. The third-order valence-electron chi connectivity index (χ3n) is 3.96. The summed E-state index contributed by atoms with van der Waals surface area (Å²) in [6.07, 6.45) is 3.46. The van der Waals surface area contributed by atoms with Gasteiger partial charge in [-0.2, -0.15) is 0 Å². The van der Waals surface area contributed by atoms with E-state index in [9.17, 15) is 4.79 Å². The first-order valence-electron chi connectivity index (χ1n) is 7.99. The maximum Gasteiger partial charge on any atom is 0.244 e. The number of carbonyl (C=O) groups is 1. The molecule has 3 N–H and O–H groups in total. The number of nitrogens with two attached hydrogens (primary N) is 1. The molecular formula is C17H22IN5OS. The first-order valence-corrected chi connectivity index (χ1v) is 8.87. The molecule has 8 heteroatoms. The molecule has 0 saturated heterocycles. The number of aliphatic imine (C=N–C) groups is 1. The number of pyridine rings is 1. The molecule has 0 aliphatic carbocycles. The Hall–Kier alpha value is -1.68. The van der Waals surface area contributed by atoms with Crippen molar-refractivity contribution in [2.24, 2.45) is 10.7 Å². The summed E-state index contributed by atoms with van der Waals surface area (Å²) in [5, 5.41) is 5.10. The first-order chi connectivity index (χ1) is 11.7. The smallest absolute Gasteiger partial charge is 0.244 e. The van der Waals surface area contributed by atoms with E-state index >= 15 is 0 Å². The second kappa shape index (κ2) is 9.71. The molecule has 0 fully saturated rings. The lowest BCUT2D eigenvalue weighted by Crippen LogP contribution is -2.38. The molecule has 0 radical (unpaired) electrons. The number of aromatic nitrogens is 1. The van der Waals surface area contributed by atoms with Gasteiger partial charge in [-0.1, -0.05) is 6.07 Å². The monoisotopic (exact) mass is 471 g/mol. The molecule has 6 nitrogen and oxygen atoms in total. The van der Waals surface area contributed by atoms with E-state index in [1.807, 2.05) is 23.1 Å². The van der Waals surface area contributed by atoms with Gasteiger partial charge in [-0.15, -0.1) is 35.3 Å². The van der Waals surface area contributed by atoms with E-state index in [1.165, 1.54) is 10.4 Å². The van der Waals surface area contributed by atoms with Gasteiger partial charge in [0.1, 0.15) is 6.54 Å². The Bertz CT molecular complexity index is 719. The maximum absolute atomic E-state index is 12.3. The number of rotatable bonds is 5. The van der Waals surface area contributed by atoms with Gasteiger partial charge in [-0.3, -0.25) is 9.78 Å². The highest BCUT2D eigenvalue weighted by Gasteiger charge is 2.20. The van der Waals surface area contributed by atoms with E-state index < -0.39 is 0 Å². The standard InChI is InChI=1S/C17H21N5OS.HI/c18-17(20-8-4-14-3-1-2-7-19-14)21-11-16(23)22-9-5-15-13(12-22)6-10-24-15;/h1-3,6-7,10H,4-5,8-9,11-12H2,(H3,18,20,21);1H.